The first-order valence-electron chi connectivity index (χ1n) is 6.08. The normalized spacial score (nSPS) is 13.4. The molecule has 1 aromatic carbocycles. The van der Waals surface area contributed by atoms with Crippen molar-refractivity contribution >= 4 is 51.6 Å². The smallest absolute Gasteiger partial charge is 0.223 e. The molecule has 0 unspecified atom stereocenters. The second-order valence-electron chi connectivity index (χ2n) is 4.37. The predicted molar refractivity (Wildman–Crippen MR) is 84.8 cm³/mol. The number of rotatable bonds is 3. The zero-order valence-corrected chi connectivity index (χ0v) is 13.1. The van der Waals surface area contributed by atoms with E-state index in [2.05, 4.69) is 9.71 Å². The number of amides is 1. The van der Waals surface area contributed by atoms with E-state index in [1.165, 1.54) is 23.3 Å². The fourth-order valence-electron chi connectivity index (χ4n) is 2.17. The summed E-state index contributed by atoms with van der Waals surface area (Å²) in [6.45, 7) is 2.32. The number of hydrogen-bond acceptors (Lipinski definition) is 5. The van der Waals surface area contributed by atoms with Crippen LogP contribution in [0.4, 0.5) is 10.8 Å². The standard InChI is InChI=1S/C13H12ClN3OS2/c1-8(18)17-4-2-9-6-10(14)12(7-11(9)17)20-16-13-15-3-5-19-13/h3,5-7H,2,4H2,1H3,(H,15,16). The first kappa shape index (κ1) is 13.7. The summed E-state index contributed by atoms with van der Waals surface area (Å²) in [5.74, 6) is 0.0647. The van der Waals surface area contributed by atoms with Crippen LogP contribution in [0, 0.1) is 0 Å². The Kier molecular flexibility index (Phi) is 3.87. The Morgan fingerprint density at radius 1 is 1.55 bits per heavy atom. The van der Waals surface area contributed by atoms with Crippen LogP contribution in [0.1, 0.15) is 12.5 Å². The van der Waals surface area contributed by atoms with Gasteiger partial charge in [0.25, 0.3) is 0 Å². The molecular formula is C13H12ClN3OS2. The van der Waals surface area contributed by atoms with Gasteiger partial charge in [0, 0.05) is 35.6 Å². The van der Waals surface area contributed by atoms with Gasteiger partial charge in [-0.15, -0.1) is 11.3 Å². The van der Waals surface area contributed by atoms with E-state index in [9.17, 15) is 4.79 Å². The highest BCUT2D eigenvalue weighted by atomic mass is 35.5. The van der Waals surface area contributed by atoms with E-state index >= 15 is 0 Å². The van der Waals surface area contributed by atoms with Crippen LogP contribution in [-0.2, 0) is 11.2 Å². The summed E-state index contributed by atoms with van der Waals surface area (Å²) in [5.41, 5.74) is 2.09. The third kappa shape index (κ3) is 2.63. The van der Waals surface area contributed by atoms with E-state index in [0.29, 0.717) is 5.02 Å². The Bertz CT molecular complexity index is 645. The number of halogens is 1. The molecule has 0 spiro atoms. The molecule has 0 atom stereocenters. The number of nitrogens with zero attached hydrogens (tertiary/aromatic N) is 2. The topological polar surface area (TPSA) is 45.2 Å². The SMILES string of the molecule is CC(=O)N1CCc2cc(Cl)c(SNc3nccs3)cc21. The van der Waals surface area contributed by atoms with Crippen LogP contribution in [0.5, 0.6) is 0 Å². The van der Waals surface area contributed by atoms with Crippen molar-refractivity contribution in [2.45, 2.75) is 18.2 Å². The summed E-state index contributed by atoms with van der Waals surface area (Å²) in [4.78, 5) is 18.5. The van der Waals surface area contributed by atoms with Crippen molar-refractivity contribution in [3.63, 3.8) is 0 Å². The maximum absolute atomic E-state index is 11.6. The van der Waals surface area contributed by atoms with Crippen molar-refractivity contribution < 1.29 is 4.79 Å². The van der Waals surface area contributed by atoms with E-state index in [1.54, 1.807) is 18.0 Å². The van der Waals surface area contributed by atoms with Gasteiger partial charge in [-0.05, 0) is 36.1 Å². The predicted octanol–water partition coefficient (Wildman–Crippen LogP) is 3.82. The van der Waals surface area contributed by atoms with E-state index in [1.807, 2.05) is 17.5 Å². The highest BCUT2D eigenvalue weighted by Gasteiger charge is 2.23. The molecule has 2 aromatic rings. The minimum absolute atomic E-state index is 0.0647. The third-order valence-corrected chi connectivity index (χ3v) is 5.19. The largest absolute Gasteiger partial charge is 0.312 e. The van der Waals surface area contributed by atoms with Crippen LogP contribution < -0.4 is 9.62 Å². The number of fused-ring (bicyclic) bond motifs is 1. The molecular weight excluding hydrogens is 314 g/mol. The number of carbonyl (C=O) groups is 1. The quantitative estimate of drug-likeness (QED) is 0.871. The molecule has 0 fully saturated rings. The highest BCUT2D eigenvalue weighted by Crippen LogP contribution is 2.37. The lowest BCUT2D eigenvalue weighted by Crippen LogP contribution is -2.25. The fraction of sp³-hybridized carbons (Fsp3) is 0.231. The van der Waals surface area contributed by atoms with Crippen molar-refractivity contribution in [1.82, 2.24) is 4.98 Å². The number of nitrogens with one attached hydrogen (secondary N) is 1. The van der Waals surface area contributed by atoms with E-state index in [0.717, 1.165) is 34.2 Å². The van der Waals surface area contributed by atoms with E-state index in [4.69, 9.17) is 11.6 Å². The van der Waals surface area contributed by atoms with Crippen molar-refractivity contribution in [2.75, 3.05) is 16.2 Å². The summed E-state index contributed by atoms with van der Waals surface area (Å²) in [7, 11) is 0. The number of thiazole rings is 1. The Morgan fingerprint density at radius 2 is 2.40 bits per heavy atom. The Labute approximate surface area is 130 Å². The summed E-state index contributed by atoms with van der Waals surface area (Å²) in [6, 6.07) is 3.92. The lowest BCUT2D eigenvalue weighted by Gasteiger charge is -2.16. The molecule has 3 rings (SSSR count). The second-order valence-corrected chi connectivity index (χ2v) is 6.52. The Hall–Kier alpha value is -1.24. The Balaban J connectivity index is 1.85. The van der Waals surface area contributed by atoms with Crippen LogP contribution in [0.15, 0.2) is 28.6 Å². The molecule has 1 aromatic heterocycles. The molecule has 4 nitrogen and oxygen atoms in total. The van der Waals surface area contributed by atoms with Gasteiger partial charge in [0.05, 0.1) is 5.02 Å². The molecule has 0 saturated heterocycles. The van der Waals surface area contributed by atoms with Crippen molar-refractivity contribution in [1.29, 1.82) is 0 Å². The lowest BCUT2D eigenvalue weighted by atomic mass is 10.2. The van der Waals surface area contributed by atoms with Gasteiger partial charge in [-0.25, -0.2) is 4.98 Å². The van der Waals surface area contributed by atoms with Crippen LogP contribution in [-0.4, -0.2) is 17.4 Å². The molecule has 1 N–H and O–H groups in total. The average Bonchev–Trinajstić information content (AvgIpc) is 3.04. The molecule has 2 heterocycles. The van der Waals surface area contributed by atoms with Crippen LogP contribution >= 0.6 is 34.9 Å². The first-order valence-corrected chi connectivity index (χ1v) is 8.15. The molecule has 1 aliphatic rings. The first-order chi connectivity index (χ1) is 9.65. The minimum atomic E-state index is 0.0647. The molecule has 1 amide bonds. The molecule has 0 radical (unpaired) electrons. The molecule has 7 heteroatoms. The van der Waals surface area contributed by atoms with Crippen molar-refractivity contribution in [3.8, 4) is 0 Å². The van der Waals surface area contributed by atoms with E-state index in [-0.39, 0.29) is 5.91 Å². The van der Waals surface area contributed by atoms with Gasteiger partial charge in [-0.1, -0.05) is 11.6 Å². The van der Waals surface area contributed by atoms with Crippen LogP contribution in [0.25, 0.3) is 0 Å². The van der Waals surface area contributed by atoms with Crippen molar-refractivity contribution in [2.24, 2.45) is 0 Å². The zero-order valence-electron chi connectivity index (χ0n) is 10.7. The maximum atomic E-state index is 11.6. The molecule has 104 valence electrons. The number of benzene rings is 1. The zero-order chi connectivity index (χ0) is 14.1. The van der Waals surface area contributed by atoms with Gasteiger partial charge in [0.1, 0.15) is 0 Å². The van der Waals surface area contributed by atoms with Gasteiger partial charge in [-0.2, -0.15) is 0 Å². The second kappa shape index (κ2) is 5.63. The lowest BCUT2D eigenvalue weighted by molar-refractivity contribution is -0.116. The summed E-state index contributed by atoms with van der Waals surface area (Å²) in [6.07, 6.45) is 2.61. The summed E-state index contributed by atoms with van der Waals surface area (Å²) in [5, 5.41) is 3.43. The third-order valence-electron chi connectivity index (χ3n) is 3.09. The molecule has 0 aliphatic carbocycles. The molecule has 0 saturated carbocycles. The van der Waals surface area contributed by atoms with Crippen LogP contribution in [0.2, 0.25) is 5.02 Å². The number of hydrogen-bond donors (Lipinski definition) is 1. The van der Waals surface area contributed by atoms with Gasteiger partial charge in [-0.3, -0.25) is 4.79 Å². The molecule has 0 bridgehead atoms. The average molecular weight is 326 g/mol. The number of carbonyl (C=O) groups excluding carboxylic acids is 1. The number of aromatic nitrogens is 1. The van der Waals surface area contributed by atoms with Crippen molar-refractivity contribution in [3.05, 3.63) is 34.3 Å². The van der Waals surface area contributed by atoms with Gasteiger partial charge < -0.3 is 9.62 Å². The fourth-order valence-corrected chi connectivity index (χ4v) is 3.73. The molecule has 1 aliphatic heterocycles. The highest BCUT2D eigenvalue weighted by molar-refractivity contribution is 8.00. The monoisotopic (exact) mass is 325 g/mol. The maximum Gasteiger partial charge on any atom is 0.223 e. The summed E-state index contributed by atoms with van der Waals surface area (Å²) >= 11 is 9.23. The van der Waals surface area contributed by atoms with Crippen LogP contribution in [0.3, 0.4) is 0 Å². The van der Waals surface area contributed by atoms with E-state index < -0.39 is 0 Å². The van der Waals surface area contributed by atoms with Gasteiger partial charge >= 0.3 is 0 Å². The van der Waals surface area contributed by atoms with Gasteiger partial charge in [0.15, 0.2) is 5.13 Å². The Morgan fingerprint density at radius 3 is 3.10 bits per heavy atom. The van der Waals surface area contributed by atoms with Gasteiger partial charge in [0.2, 0.25) is 5.91 Å². The number of anilines is 2. The minimum Gasteiger partial charge on any atom is -0.312 e. The summed E-state index contributed by atoms with van der Waals surface area (Å²) < 4.78 is 3.15. The molecule has 20 heavy (non-hydrogen) atoms.